The van der Waals surface area contributed by atoms with E-state index in [1.54, 1.807) is 19.2 Å². The van der Waals surface area contributed by atoms with E-state index in [4.69, 9.17) is 9.47 Å². The van der Waals surface area contributed by atoms with Crippen molar-refractivity contribution in [2.24, 2.45) is 0 Å². The first kappa shape index (κ1) is 19.8. The van der Waals surface area contributed by atoms with Crippen molar-refractivity contribution >= 4 is 5.91 Å². The lowest BCUT2D eigenvalue weighted by Gasteiger charge is -2.26. The molecule has 2 rings (SSSR count). The Labute approximate surface area is 155 Å². The Morgan fingerprint density at radius 2 is 1.92 bits per heavy atom. The SMILES string of the molecule is CCCOc1cccc(C(=O)NC[C@H](c2ccccc2OC)N(C)C)c1. The summed E-state index contributed by atoms with van der Waals surface area (Å²) < 4.78 is 11.1. The number of hydrogen-bond donors (Lipinski definition) is 1. The molecule has 1 amide bonds. The third kappa shape index (κ3) is 5.23. The number of nitrogens with zero attached hydrogens (tertiary/aromatic N) is 1. The first-order valence-corrected chi connectivity index (χ1v) is 8.87. The third-order valence-electron chi connectivity index (χ3n) is 4.15. The van der Waals surface area contributed by atoms with Crippen molar-refractivity contribution < 1.29 is 14.3 Å². The number of methoxy groups -OCH3 is 1. The molecule has 1 atom stereocenters. The van der Waals surface area contributed by atoms with E-state index in [-0.39, 0.29) is 11.9 Å². The molecule has 140 valence electrons. The average molecular weight is 356 g/mol. The zero-order valence-corrected chi connectivity index (χ0v) is 16.0. The monoisotopic (exact) mass is 356 g/mol. The summed E-state index contributed by atoms with van der Waals surface area (Å²) in [6.07, 6.45) is 0.930. The Hall–Kier alpha value is -2.53. The molecule has 0 fully saturated rings. The molecule has 0 aliphatic carbocycles. The Morgan fingerprint density at radius 1 is 1.15 bits per heavy atom. The summed E-state index contributed by atoms with van der Waals surface area (Å²) in [5.41, 5.74) is 1.64. The molecule has 26 heavy (non-hydrogen) atoms. The lowest BCUT2D eigenvalue weighted by Crippen LogP contribution is -2.34. The summed E-state index contributed by atoms with van der Waals surface area (Å²) in [6, 6.07) is 15.2. The summed E-state index contributed by atoms with van der Waals surface area (Å²) in [5, 5.41) is 3.02. The van der Waals surface area contributed by atoms with Gasteiger partial charge in [-0.2, -0.15) is 0 Å². The molecule has 0 aliphatic rings. The number of ether oxygens (including phenoxy) is 2. The number of carbonyl (C=O) groups excluding carboxylic acids is 1. The maximum atomic E-state index is 12.6. The fourth-order valence-corrected chi connectivity index (χ4v) is 2.75. The largest absolute Gasteiger partial charge is 0.496 e. The predicted molar refractivity (Wildman–Crippen MR) is 104 cm³/mol. The minimum absolute atomic E-state index is 0.00891. The maximum absolute atomic E-state index is 12.6. The van der Waals surface area contributed by atoms with E-state index in [1.165, 1.54) is 0 Å². The van der Waals surface area contributed by atoms with Gasteiger partial charge < -0.3 is 19.7 Å². The molecule has 0 aliphatic heterocycles. The van der Waals surface area contributed by atoms with Gasteiger partial charge in [0.25, 0.3) is 5.91 Å². The molecule has 5 nitrogen and oxygen atoms in total. The van der Waals surface area contributed by atoms with Crippen LogP contribution in [0.1, 0.15) is 35.3 Å². The molecule has 2 aromatic rings. The molecular formula is C21H28N2O3. The topological polar surface area (TPSA) is 50.8 Å². The highest BCUT2D eigenvalue weighted by Gasteiger charge is 2.19. The highest BCUT2D eigenvalue weighted by molar-refractivity contribution is 5.94. The Kier molecular flexibility index (Phi) is 7.48. The van der Waals surface area contributed by atoms with Gasteiger partial charge in [0.05, 0.1) is 19.8 Å². The lowest BCUT2D eigenvalue weighted by molar-refractivity contribution is 0.0941. The second-order valence-corrected chi connectivity index (χ2v) is 6.31. The van der Waals surface area contributed by atoms with E-state index in [9.17, 15) is 4.79 Å². The van der Waals surface area contributed by atoms with E-state index in [1.807, 2.05) is 50.5 Å². The van der Waals surface area contributed by atoms with E-state index in [0.29, 0.717) is 24.5 Å². The van der Waals surface area contributed by atoms with Crippen LogP contribution in [-0.2, 0) is 0 Å². The molecule has 0 saturated carbocycles. The van der Waals surface area contributed by atoms with Crippen LogP contribution in [0.25, 0.3) is 0 Å². The van der Waals surface area contributed by atoms with Gasteiger partial charge in [0.1, 0.15) is 11.5 Å². The molecule has 0 heterocycles. The summed E-state index contributed by atoms with van der Waals surface area (Å²) in [4.78, 5) is 14.6. The first-order valence-electron chi connectivity index (χ1n) is 8.87. The molecule has 1 N–H and O–H groups in total. The Bertz CT molecular complexity index is 716. The molecule has 0 spiro atoms. The number of benzene rings is 2. The van der Waals surface area contributed by atoms with E-state index in [0.717, 1.165) is 17.7 Å². The van der Waals surface area contributed by atoms with Gasteiger partial charge in [-0.1, -0.05) is 31.2 Å². The number of rotatable bonds is 9. The van der Waals surface area contributed by atoms with E-state index < -0.39 is 0 Å². The van der Waals surface area contributed by atoms with E-state index >= 15 is 0 Å². The number of likely N-dealkylation sites (N-methyl/N-ethyl adjacent to an activating group) is 1. The molecular weight excluding hydrogens is 328 g/mol. The van der Waals surface area contributed by atoms with Crippen LogP contribution in [0.15, 0.2) is 48.5 Å². The highest BCUT2D eigenvalue weighted by Crippen LogP contribution is 2.27. The molecule has 0 bridgehead atoms. The molecule has 0 saturated heterocycles. The van der Waals surface area contributed by atoms with Crippen molar-refractivity contribution in [1.29, 1.82) is 0 Å². The predicted octanol–water partition coefficient (Wildman–Crippen LogP) is 3.52. The second kappa shape index (κ2) is 9.82. The molecule has 0 radical (unpaired) electrons. The van der Waals surface area contributed by atoms with Crippen LogP contribution < -0.4 is 14.8 Å². The molecule has 2 aromatic carbocycles. The third-order valence-corrected chi connectivity index (χ3v) is 4.15. The van der Waals surface area contributed by atoms with E-state index in [2.05, 4.69) is 17.1 Å². The minimum atomic E-state index is -0.117. The number of carbonyl (C=O) groups is 1. The second-order valence-electron chi connectivity index (χ2n) is 6.31. The summed E-state index contributed by atoms with van der Waals surface area (Å²) in [6.45, 7) is 3.17. The standard InChI is InChI=1S/C21H28N2O3/c1-5-13-26-17-10-8-9-16(14-17)21(24)22-15-19(23(2)3)18-11-6-7-12-20(18)25-4/h6-12,14,19H,5,13,15H2,1-4H3,(H,22,24)/t19-/m1/s1. The van der Waals surface area contributed by atoms with Crippen LogP contribution in [0.2, 0.25) is 0 Å². The maximum Gasteiger partial charge on any atom is 0.251 e. The van der Waals surface area contributed by atoms with Crippen molar-refractivity contribution in [3.63, 3.8) is 0 Å². The smallest absolute Gasteiger partial charge is 0.251 e. The minimum Gasteiger partial charge on any atom is -0.496 e. The van der Waals surface area contributed by atoms with Gasteiger partial charge >= 0.3 is 0 Å². The molecule has 0 aromatic heterocycles. The van der Waals surface area contributed by atoms with Gasteiger partial charge in [0, 0.05) is 17.7 Å². The average Bonchev–Trinajstić information content (AvgIpc) is 2.66. The Balaban J connectivity index is 2.08. The van der Waals surface area contributed by atoms with Crippen molar-refractivity contribution in [3.05, 3.63) is 59.7 Å². The van der Waals surface area contributed by atoms with Gasteiger partial charge in [-0.05, 0) is 44.8 Å². The van der Waals surface area contributed by atoms with Gasteiger partial charge in [-0.3, -0.25) is 4.79 Å². The van der Waals surface area contributed by atoms with Crippen molar-refractivity contribution in [2.75, 3.05) is 34.4 Å². The zero-order chi connectivity index (χ0) is 18.9. The van der Waals surface area contributed by atoms with Crippen LogP contribution in [-0.4, -0.2) is 45.2 Å². The number of hydrogen-bond acceptors (Lipinski definition) is 4. The van der Waals surface area contributed by atoms with Crippen LogP contribution in [0.3, 0.4) is 0 Å². The summed E-state index contributed by atoms with van der Waals surface area (Å²) in [5.74, 6) is 1.41. The fourth-order valence-electron chi connectivity index (χ4n) is 2.75. The first-order chi connectivity index (χ1) is 12.6. The van der Waals surface area contributed by atoms with Gasteiger partial charge in [0.15, 0.2) is 0 Å². The fraction of sp³-hybridized carbons (Fsp3) is 0.381. The van der Waals surface area contributed by atoms with Crippen molar-refractivity contribution in [2.45, 2.75) is 19.4 Å². The number of amides is 1. The van der Waals surface area contributed by atoms with Crippen LogP contribution in [0, 0.1) is 0 Å². The quantitative estimate of drug-likeness (QED) is 0.747. The number of nitrogens with one attached hydrogen (secondary N) is 1. The van der Waals surface area contributed by atoms with Crippen molar-refractivity contribution in [1.82, 2.24) is 10.2 Å². The molecule has 0 unspecified atom stereocenters. The lowest BCUT2D eigenvalue weighted by atomic mass is 10.0. The summed E-state index contributed by atoms with van der Waals surface area (Å²) in [7, 11) is 5.64. The zero-order valence-electron chi connectivity index (χ0n) is 16.0. The molecule has 5 heteroatoms. The van der Waals surface area contributed by atoms with Crippen LogP contribution in [0.4, 0.5) is 0 Å². The summed E-state index contributed by atoms with van der Waals surface area (Å²) >= 11 is 0. The normalized spacial score (nSPS) is 11.9. The Morgan fingerprint density at radius 3 is 2.62 bits per heavy atom. The van der Waals surface area contributed by atoms with Gasteiger partial charge in [-0.25, -0.2) is 0 Å². The van der Waals surface area contributed by atoms with Crippen LogP contribution in [0.5, 0.6) is 11.5 Å². The van der Waals surface area contributed by atoms with Crippen molar-refractivity contribution in [3.8, 4) is 11.5 Å². The number of para-hydroxylation sites is 1. The highest BCUT2D eigenvalue weighted by atomic mass is 16.5. The van der Waals surface area contributed by atoms with Crippen LogP contribution >= 0.6 is 0 Å². The van der Waals surface area contributed by atoms with Gasteiger partial charge in [-0.15, -0.1) is 0 Å². The van der Waals surface area contributed by atoms with Gasteiger partial charge in [0.2, 0.25) is 0 Å².